The van der Waals surface area contributed by atoms with Crippen LogP contribution in [0.25, 0.3) is 0 Å². The predicted octanol–water partition coefficient (Wildman–Crippen LogP) is 1.20. The second-order valence-corrected chi connectivity index (χ2v) is 5.43. The monoisotopic (exact) mass is 314 g/mol. The van der Waals surface area contributed by atoms with Gasteiger partial charge < -0.3 is 15.2 Å². The quantitative estimate of drug-likeness (QED) is 0.552. The zero-order valence-corrected chi connectivity index (χ0v) is 12.6. The Kier molecular flexibility index (Phi) is 6.97. The highest BCUT2D eigenvalue weighted by Crippen LogP contribution is 2.18. The number of benzene rings is 1. The van der Waals surface area contributed by atoms with E-state index in [0.717, 1.165) is 0 Å². The first kappa shape index (κ1) is 17.3. The molecule has 0 spiro atoms. The van der Waals surface area contributed by atoms with Gasteiger partial charge in [0, 0.05) is 17.4 Å². The fraction of sp³-hybridized carbons (Fsp3) is 0.462. The van der Waals surface area contributed by atoms with Crippen molar-refractivity contribution in [2.24, 2.45) is 0 Å². The Bertz CT molecular complexity index is 493. The van der Waals surface area contributed by atoms with Gasteiger partial charge in [-0.05, 0) is 19.2 Å². The molecular weight excluding hydrogens is 296 g/mol. The number of non-ortho nitro benzene ring substituents is 1. The molecule has 0 aromatic heterocycles. The molecule has 0 saturated carbocycles. The van der Waals surface area contributed by atoms with Crippen LogP contribution in [-0.4, -0.2) is 46.7 Å². The summed E-state index contributed by atoms with van der Waals surface area (Å²) in [4.78, 5) is 21.8. The second kappa shape index (κ2) is 8.48. The van der Waals surface area contributed by atoms with Crippen LogP contribution in [0.15, 0.2) is 24.3 Å². The number of hydrogen-bond acceptors (Lipinski definition) is 6. The summed E-state index contributed by atoms with van der Waals surface area (Å²) in [6.07, 6.45) is 1.85. The Morgan fingerprint density at radius 3 is 2.86 bits per heavy atom. The summed E-state index contributed by atoms with van der Waals surface area (Å²) in [6.45, 7) is 1.52. The topological polar surface area (TPSA) is 102 Å². The van der Waals surface area contributed by atoms with Crippen molar-refractivity contribution >= 4 is 23.4 Å². The van der Waals surface area contributed by atoms with Crippen molar-refractivity contribution in [2.45, 2.75) is 18.2 Å². The van der Waals surface area contributed by atoms with Gasteiger partial charge in [-0.25, -0.2) is 0 Å². The summed E-state index contributed by atoms with van der Waals surface area (Å²) >= 11 is 1.46. The number of thioether (sulfide) groups is 1. The molecule has 2 atom stereocenters. The van der Waals surface area contributed by atoms with Crippen molar-refractivity contribution in [3.63, 3.8) is 0 Å². The van der Waals surface area contributed by atoms with Crippen molar-refractivity contribution in [2.75, 3.05) is 19.5 Å². The molecule has 7 nitrogen and oxygen atoms in total. The van der Waals surface area contributed by atoms with Gasteiger partial charge >= 0.3 is 0 Å². The van der Waals surface area contributed by atoms with Crippen LogP contribution in [0.2, 0.25) is 0 Å². The van der Waals surface area contributed by atoms with Crippen LogP contribution in [0.4, 0.5) is 5.69 Å². The van der Waals surface area contributed by atoms with Gasteiger partial charge in [-0.2, -0.15) is 11.8 Å². The average molecular weight is 314 g/mol. The van der Waals surface area contributed by atoms with E-state index in [2.05, 4.69) is 5.32 Å². The number of hydrogen-bond donors (Lipinski definition) is 2. The molecule has 116 valence electrons. The highest BCUT2D eigenvalue weighted by molar-refractivity contribution is 7.99. The number of nitro benzene ring substituents is 1. The second-order valence-electron chi connectivity index (χ2n) is 4.36. The molecule has 0 aliphatic heterocycles. The number of carbonyl (C=O) groups excluding carboxylic acids is 1. The molecule has 1 aromatic rings. The number of ether oxygens (including phenoxy) is 1. The third-order valence-electron chi connectivity index (χ3n) is 2.83. The van der Waals surface area contributed by atoms with E-state index in [0.29, 0.717) is 0 Å². The Morgan fingerprint density at radius 2 is 2.29 bits per heavy atom. The Morgan fingerprint density at radius 1 is 1.57 bits per heavy atom. The summed E-state index contributed by atoms with van der Waals surface area (Å²) in [5.41, 5.74) is -0.0935. The number of rotatable bonds is 8. The Balaban J connectivity index is 2.49. The van der Waals surface area contributed by atoms with Crippen LogP contribution in [-0.2, 0) is 4.79 Å². The van der Waals surface area contributed by atoms with Crippen molar-refractivity contribution in [3.8, 4) is 5.75 Å². The zero-order valence-electron chi connectivity index (χ0n) is 11.8. The number of nitrogens with zero attached hydrogens (tertiary/aromatic N) is 1. The predicted molar refractivity (Wildman–Crippen MR) is 80.6 cm³/mol. The number of nitrogens with one attached hydrogen (secondary N) is 1. The fourth-order valence-electron chi connectivity index (χ4n) is 1.66. The van der Waals surface area contributed by atoms with E-state index in [-0.39, 0.29) is 41.8 Å². The lowest BCUT2D eigenvalue weighted by Crippen LogP contribution is -2.43. The average Bonchev–Trinajstić information content (AvgIpc) is 2.46. The van der Waals surface area contributed by atoms with Gasteiger partial charge in [0.15, 0.2) is 6.61 Å². The Labute approximate surface area is 126 Å². The van der Waals surface area contributed by atoms with Crippen LogP contribution < -0.4 is 10.1 Å². The number of nitro groups is 1. The van der Waals surface area contributed by atoms with Crippen molar-refractivity contribution in [1.82, 2.24) is 5.32 Å². The summed E-state index contributed by atoms with van der Waals surface area (Å²) in [7, 11) is 0. The molecule has 8 heteroatoms. The zero-order chi connectivity index (χ0) is 15.8. The standard InChI is InChI=1S/C13H18N2O5S/c1-9(12(7-16)21-2)14-13(17)8-20-11-5-3-4-10(6-11)15(18)19/h3-6,9,12,16H,7-8H2,1-2H3,(H,14,17). The molecule has 0 aliphatic carbocycles. The maximum atomic E-state index is 11.7. The van der Waals surface area contributed by atoms with Gasteiger partial charge in [0.05, 0.1) is 17.6 Å². The highest BCUT2D eigenvalue weighted by atomic mass is 32.2. The van der Waals surface area contributed by atoms with Crippen LogP contribution in [0.1, 0.15) is 6.92 Å². The lowest BCUT2D eigenvalue weighted by Gasteiger charge is -2.21. The maximum Gasteiger partial charge on any atom is 0.273 e. The number of aliphatic hydroxyl groups excluding tert-OH is 1. The normalized spacial score (nSPS) is 13.3. The van der Waals surface area contributed by atoms with Gasteiger partial charge in [-0.3, -0.25) is 14.9 Å². The van der Waals surface area contributed by atoms with E-state index in [1.807, 2.05) is 6.26 Å². The molecule has 1 amide bonds. The fourth-order valence-corrected chi connectivity index (χ4v) is 2.29. The van der Waals surface area contributed by atoms with E-state index in [1.165, 1.54) is 30.0 Å². The third-order valence-corrected chi connectivity index (χ3v) is 3.99. The minimum atomic E-state index is -0.528. The van der Waals surface area contributed by atoms with Gasteiger partial charge in [0.25, 0.3) is 11.6 Å². The molecule has 2 N–H and O–H groups in total. The largest absolute Gasteiger partial charge is 0.484 e. The Hall–Kier alpha value is -1.80. The lowest BCUT2D eigenvalue weighted by atomic mass is 10.2. The molecule has 0 aliphatic rings. The van der Waals surface area contributed by atoms with E-state index >= 15 is 0 Å². The smallest absolute Gasteiger partial charge is 0.273 e. The highest BCUT2D eigenvalue weighted by Gasteiger charge is 2.17. The summed E-state index contributed by atoms with van der Waals surface area (Å²) < 4.78 is 5.22. The van der Waals surface area contributed by atoms with Gasteiger partial charge in [0.2, 0.25) is 0 Å². The summed E-state index contributed by atoms with van der Waals surface area (Å²) in [5, 5.41) is 22.4. The third kappa shape index (κ3) is 5.60. The minimum Gasteiger partial charge on any atom is -0.484 e. The van der Waals surface area contributed by atoms with Crippen LogP contribution in [0, 0.1) is 10.1 Å². The lowest BCUT2D eigenvalue weighted by molar-refractivity contribution is -0.384. The van der Waals surface area contributed by atoms with Crippen LogP contribution in [0.3, 0.4) is 0 Å². The van der Waals surface area contributed by atoms with Crippen molar-refractivity contribution in [1.29, 1.82) is 0 Å². The van der Waals surface area contributed by atoms with Crippen molar-refractivity contribution in [3.05, 3.63) is 34.4 Å². The SMILES string of the molecule is CSC(CO)C(C)NC(=O)COc1cccc([N+](=O)[O-])c1. The van der Waals surface area contributed by atoms with Gasteiger partial charge in [-0.1, -0.05) is 6.07 Å². The molecule has 1 rings (SSSR count). The molecular formula is C13H18N2O5S. The van der Waals surface area contributed by atoms with E-state index in [4.69, 9.17) is 9.84 Å². The molecule has 0 bridgehead atoms. The number of amides is 1. The van der Waals surface area contributed by atoms with Crippen LogP contribution in [0.5, 0.6) is 5.75 Å². The maximum absolute atomic E-state index is 11.7. The summed E-state index contributed by atoms with van der Waals surface area (Å²) in [5.74, 6) is -0.0860. The number of carbonyl (C=O) groups is 1. The molecule has 21 heavy (non-hydrogen) atoms. The molecule has 0 saturated heterocycles. The first-order chi connectivity index (χ1) is 9.97. The molecule has 0 radical (unpaired) electrons. The van der Waals surface area contributed by atoms with Gasteiger partial charge in [-0.15, -0.1) is 0 Å². The van der Waals surface area contributed by atoms with Crippen molar-refractivity contribution < 1.29 is 19.6 Å². The number of aliphatic hydroxyl groups is 1. The molecule has 1 aromatic carbocycles. The molecule has 2 unspecified atom stereocenters. The minimum absolute atomic E-state index is 0.0334. The van der Waals surface area contributed by atoms with Gasteiger partial charge in [0.1, 0.15) is 5.75 Å². The first-order valence-corrected chi connectivity index (χ1v) is 7.57. The molecule has 0 heterocycles. The summed E-state index contributed by atoms with van der Waals surface area (Å²) in [6, 6.07) is 5.44. The van der Waals surface area contributed by atoms with Crippen LogP contribution >= 0.6 is 11.8 Å². The van der Waals surface area contributed by atoms with E-state index < -0.39 is 4.92 Å². The van der Waals surface area contributed by atoms with E-state index in [9.17, 15) is 14.9 Å². The van der Waals surface area contributed by atoms with E-state index in [1.54, 1.807) is 13.0 Å². The first-order valence-electron chi connectivity index (χ1n) is 6.28. The molecule has 0 fully saturated rings.